The number of carboxylic acid groups (broad SMARTS) is 1. The summed E-state index contributed by atoms with van der Waals surface area (Å²) in [7, 11) is 0. The predicted molar refractivity (Wildman–Crippen MR) is 394 cm³/mol. The molecule has 28 nitrogen and oxygen atoms in total. The highest BCUT2D eigenvalue weighted by Crippen LogP contribution is 2.17. The fraction of sp³-hybridized carbons (Fsp3) is 0.405. The van der Waals surface area contributed by atoms with Gasteiger partial charge in [-0.1, -0.05) is 182 Å². The fourth-order valence-electron chi connectivity index (χ4n) is 11.3. The summed E-state index contributed by atoms with van der Waals surface area (Å²) in [5.74, 6) is -3.58. The van der Waals surface area contributed by atoms with E-state index in [9.17, 15) is 43.5 Å². The van der Waals surface area contributed by atoms with Crippen molar-refractivity contribution in [2.45, 2.75) is 135 Å². The van der Waals surface area contributed by atoms with E-state index in [0.29, 0.717) is 36.0 Å². The van der Waals surface area contributed by atoms with Crippen LogP contribution in [0.2, 0.25) is 0 Å². The highest BCUT2D eigenvalue weighted by atomic mass is 16.6. The molecule has 6 aromatic carbocycles. The molecule has 10 amide bonds. The van der Waals surface area contributed by atoms with Crippen LogP contribution in [0.15, 0.2) is 182 Å². The summed E-state index contributed by atoms with van der Waals surface area (Å²) in [4.78, 5) is 158. The van der Waals surface area contributed by atoms with Crippen molar-refractivity contribution in [1.82, 2.24) is 51.5 Å². The van der Waals surface area contributed by atoms with Gasteiger partial charge in [0.2, 0.25) is 23.6 Å². The van der Waals surface area contributed by atoms with Crippen LogP contribution in [0.1, 0.15) is 110 Å². The van der Waals surface area contributed by atoms with Crippen LogP contribution in [0.25, 0.3) is 0 Å². The third-order valence-corrected chi connectivity index (χ3v) is 17.2. The Morgan fingerprint density at radius 2 is 0.514 bits per heavy atom. The van der Waals surface area contributed by atoms with E-state index in [4.69, 9.17) is 28.4 Å². The number of amides is 10. The van der Waals surface area contributed by atoms with Crippen molar-refractivity contribution >= 4 is 66.2 Å². The second-order valence-corrected chi connectivity index (χ2v) is 25.3. The first kappa shape index (κ1) is 82.6. The quantitative estimate of drug-likeness (QED) is 0.0141. The lowest BCUT2D eigenvalue weighted by Crippen LogP contribution is -2.57. The zero-order valence-electron chi connectivity index (χ0n) is 60.2. The molecule has 0 radical (unpaired) electrons. The minimum atomic E-state index is -1.32. The summed E-state index contributed by atoms with van der Waals surface area (Å²) in [5, 5.41) is 26.0. The number of carbonyl (C=O) groups is 11. The van der Waals surface area contributed by atoms with E-state index in [0.717, 1.165) is 16.7 Å². The van der Waals surface area contributed by atoms with Crippen LogP contribution in [0.4, 0.5) is 28.8 Å². The lowest BCUT2D eigenvalue weighted by molar-refractivity contribution is -0.141. The fourth-order valence-corrected chi connectivity index (χ4v) is 11.3. The van der Waals surface area contributed by atoms with E-state index in [1.54, 1.807) is 91.0 Å². The Bertz CT molecular complexity index is 3550. The molecule has 7 N–H and O–H groups in total. The number of unbranched alkanes of at least 4 members (excludes halogenated alkanes) is 3. The number of carboxylic acids is 1. The molecular weight excluding hydrogens is 1380 g/mol. The van der Waals surface area contributed by atoms with Crippen molar-refractivity contribution < 1.29 is 86.3 Å². The van der Waals surface area contributed by atoms with E-state index in [1.165, 1.54) is 19.6 Å². The molecule has 7 rings (SSSR count). The van der Waals surface area contributed by atoms with Crippen LogP contribution in [0.5, 0.6) is 0 Å². The van der Waals surface area contributed by atoms with Gasteiger partial charge in [-0.05, 0) is 97.6 Å². The van der Waals surface area contributed by atoms with Crippen LogP contribution < -0.4 is 31.9 Å². The van der Waals surface area contributed by atoms with Gasteiger partial charge < -0.3 is 85.0 Å². The van der Waals surface area contributed by atoms with Gasteiger partial charge in [-0.15, -0.1) is 0 Å². The van der Waals surface area contributed by atoms with Crippen molar-refractivity contribution in [2.75, 3.05) is 72.0 Å². The highest BCUT2D eigenvalue weighted by Gasteiger charge is 2.34. The van der Waals surface area contributed by atoms with E-state index in [2.05, 4.69) is 31.9 Å². The smallest absolute Gasteiger partial charge is 0.408 e. The molecule has 3 atom stereocenters. The van der Waals surface area contributed by atoms with Gasteiger partial charge >= 0.3 is 42.5 Å². The van der Waals surface area contributed by atoms with Crippen LogP contribution >= 0.6 is 0 Å². The zero-order valence-corrected chi connectivity index (χ0v) is 60.2. The van der Waals surface area contributed by atoms with E-state index in [1.807, 2.05) is 91.0 Å². The Labute approximate surface area is 623 Å². The normalized spacial score (nSPS) is 13.2. The molecule has 0 bridgehead atoms. The van der Waals surface area contributed by atoms with Gasteiger partial charge in [-0.3, -0.25) is 24.0 Å². The molecule has 107 heavy (non-hydrogen) atoms. The zero-order chi connectivity index (χ0) is 76.1. The molecule has 1 aliphatic heterocycles. The Hall–Kier alpha value is -11.7. The molecule has 0 aliphatic carbocycles. The number of hydrogen-bond donors (Lipinski definition) is 7. The molecule has 0 unspecified atom stereocenters. The van der Waals surface area contributed by atoms with Crippen molar-refractivity contribution in [3.8, 4) is 0 Å². The average Bonchev–Trinajstić information content (AvgIpc) is 0.855. The first-order chi connectivity index (χ1) is 52.0. The molecule has 6 aromatic rings. The lowest BCUT2D eigenvalue weighted by atomic mass is 10.1. The maximum atomic E-state index is 15.7. The number of alkyl carbamates (subject to hydrolysis) is 6. The van der Waals surface area contributed by atoms with Gasteiger partial charge in [-0.2, -0.15) is 0 Å². The van der Waals surface area contributed by atoms with E-state index in [-0.39, 0.29) is 169 Å². The van der Waals surface area contributed by atoms with Crippen molar-refractivity contribution in [3.63, 3.8) is 0 Å². The van der Waals surface area contributed by atoms with Gasteiger partial charge in [0.15, 0.2) is 0 Å². The van der Waals surface area contributed by atoms with Crippen LogP contribution in [0, 0.1) is 0 Å². The predicted octanol–water partition coefficient (Wildman–Crippen LogP) is 9.74. The third-order valence-electron chi connectivity index (χ3n) is 17.2. The Morgan fingerprint density at radius 1 is 0.290 bits per heavy atom. The van der Waals surface area contributed by atoms with Crippen molar-refractivity contribution in [2.24, 2.45) is 0 Å². The third kappa shape index (κ3) is 32.9. The molecule has 1 fully saturated rings. The summed E-state index contributed by atoms with van der Waals surface area (Å²) >= 11 is 0. The SMILES string of the molecule is O=C(O)CCCC(=O)N1CCN(C(=O)[C@H](CCCCNC(=O)OCc2ccccc2)NC(=O)OCc2ccccc2)CCN(C(=O)[C@H](CCCCNC(=O)OCc2ccccc2)NC(=O)OCc2ccccc2)CCN(C(=O)[C@H](CCCCNC(=O)OCc2ccccc2)NC(=O)OCc2ccccc2)CC1. The average molecular weight is 1480 g/mol. The number of ether oxygens (including phenoxy) is 6. The molecule has 1 aliphatic rings. The molecule has 1 heterocycles. The maximum Gasteiger partial charge on any atom is 0.408 e. The molecule has 0 saturated carbocycles. The topological polar surface area (TPSA) is 349 Å². The Kier molecular flexibility index (Phi) is 36.7. The van der Waals surface area contributed by atoms with Crippen molar-refractivity contribution in [1.29, 1.82) is 0 Å². The van der Waals surface area contributed by atoms with Gasteiger partial charge in [0.05, 0.1) is 0 Å². The Balaban J connectivity index is 1.18. The maximum absolute atomic E-state index is 15.7. The second kappa shape index (κ2) is 47.6. The minimum Gasteiger partial charge on any atom is -0.481 e. The van der Waals surface area contributed by atoms with Gasteiger partial charge in [0.1, 0.15) is 57.8 Å². The van der Waals surface area contributed by atoms with E-state index < -0.39 is 84.3 Å². The van der Waals surface area contributed by atoms with Crippen LogP contribution in [0.3, 0.4) is 0 Å². The molecule has 572 valence electrons. The van der Waals surface area contributed by atoms with Crippen LogP contribution in [-0.2, 0) is 92.0 Å². The minimum absolute atomic E-state index is 0.00582. The molecule has 0 spiro atoms. The standard InChI is InChI=1S/C79H98N10O18/c90-69(41-25-42-70(91)92)86-46-48-87(71(93)66(83-77(99)105-57-63-32-13-4-14-33-63)38-19-22-43-80-74(96)102-54-60-26-7-1-8-27-60)50-52-89(73(95)68(85-79(101)107-59-65-36-17-6-18-37-65)40-21-24-45-82-76(98)104-56-62-30-11-3-12-31-62)53-51-88(49-47-86)72(94)67(84-78(100)106-58-64-34-15-5-16-35-64)39-20-23-44-81-75(97)103-55-61-28-9-2-10-29-61/h1-18,26-37,66-68H,19-25,38-59H2,(H,80,96)(H,81,97)(H,82,98)(H,83,99)(H,84,100)(H,85,101)(H,91,92)/t66-,67-,68-/m0/s1. The number of nitrogens with zero attached hydrogens (tertiary/aromatic N) is 4. The summed E-state index contributed by atoms with van der Waals surface area (Å²) in [5.41, 5.74) is 4.35. The Morgan fingerprint density at radius 3 is 0.748 bits per heavy atom. The summed E-state index contributed by atoms with van der Waals surface area (Å²) < 4.78 is 33.1. The summed E-state index contributed by atoms with van der Waals surface area (Å²) in [6.45, 7) is -1.89. The van der Waals surface area contributed by atoms with Gasteiger partial charge in [0, 0.05) is 84.8 Å². The summed E-state index contributed by atoms with van der Waals surface area (Å²) in [6.07, 6.45) is -3.64. The summed E-state index contributed by atoms with van der Waals surface area (Å²) in [6, 6.07) is 50.1. The first-order valence-corrected chi connectivity index (χ1v) is 36.2. The number of aliphatic carboxylic acids is 1. The lowest BCUT2D eigenvalue weighted by Gasteiger charge is -2.37. The highest BCUT2D eigenvalue weighted by molar-refractivity contribution is 5.88. The monoisotopic (exact) mass is 1470 g/mol. The number of carbonyl (C=O) groups excluding carboxylic acids is 10. The van der Waals surface area contributed by atoms with Crippen LogP contribution in [-0.4, -0.2) is 181 Å². The molecule has 28 heteroatoms. The van der Waals surface area contributed by atoms with Gasteiger partial charge in [-0.25, -0.2) is 28.8 Å². The van der Waals surface area contributed by atoms with E-state index >= 15 is 14.4 Å². The molecular formula is C79H98N10O18. The largest absolute Gasteiger partial charge is 0.481 e. The molecule has 0 aromatic heterocycles. The van der Waals surface area contributed by atoms with Gasteiger partial charge in [0.25, 0.3) is 0 Å². The molecule has 1 saturated heterocycles. The second-order valence-electron chi connectivity index (χ2n) is 25.3. The number of benzene rings is 6. The number of nitrogens with one attached hydrogen (secondary N) is 6. The van der Waals surface area contributed by atoms with Crippen molar-refractivity contribution in [3.05, 3.63) is 215 Å². The number of hydrogen-bond acceptors (Lipinski definition) is 17. The first-order valence-electron chi connectivity index (χ1n) is 36.2. The number of rotatable bonds is 37.